The summed E-state index contributed by atoms with van der Waals surface area (Å²) >= 11 is 3.43. The van der Waals surface area contributed by atoms with Gasteiger partial charge in [0.2, 0.25) is 10.0 Å². The van der Waals surface area contributed by atoms with Gasteiger partial charge in [-0.3, -0.25) is 9.36 Å². The number of hydrogen-bond acceptors (Lipinski definition) is 4. The predicted octanol–water partition coefficient (Wildman–Crippen LogP) is 5.83. The highest BCUT2D eigenvalue weighted by Gasteiger charge is 2.30. The van der Waals surface area contributed by atoms with Crippen LogP contribution in [0.25, 0.3) is 16.6 Å². The lowest BCUT2D eigenvalue weighted by molar-refractivity contribution is 0.379. The summed E-state index contributed by atoms with van der Waals surface area (Å²) in [6, 6.07) is 20.6. The Hall–Kier alpha value is -2.81. The molecule has 1 aromatic heterocycles. The van der Waals surface area contributed by atoms with Crippen LogP contribution in [0.15, 0.2) is 87.0 Å². The number of benzene rings is 3. The van der Waals surface area contributed by atoms with Gasteiger partial charge in [0, 0.05) is 11.5 Å². The number of aromatic nitrogens is 2. The minimum Gasteiger partial charge on any atom is -0.268 e. The summed E-state index contributed by atoms with van der Waals surface area (Å²) in [5.74, 6) is 0.341. The summed E-state index contributed by atoms with van der Waals surface area (Å²) in [5.41, 5.74) is 1.84. The number of hydrogen-bond donors (Lipinski definition) is 0. The van der Waals surface area contributed by atoms with Gasteiger partial charge in [-0.1, -0.05) is 61.0 Å². The third kappa shape index (κ3) is 4.83. The van der Waals surface area contributed by atoms with Crippen molar-refractivity contribution in [2.75, 3.05) is 7.05 Å². The van der Waals surface area contributed by atoms with Crippen LogP contribution in [-0.4, -0.2) is 29.3 Å². The molecule has 0 saturated carbocycles. The maximum absolute atomic E-state index is 13.6. The van der Waals surface area contributed by atoms with Gasteiger partial charge in [-0.05, 0) is 66.4 Å². The van der Waals surface area contributed by atoms with Crippen molar-refractivity contribution >= 4 is 36.9 Å². The Balaban J connectivity index is 1.84. The zero-order chi connectivity index (χ0) is 25.5. The molecule has 6 nitrogen and oxygen atoms in total. The molecule has 182 valence electrons. The minimum absolute atomic E-state index is 0.0861. The normalized spacial score (nSPS) is 13.3. The van der Waals surface area contributed by atoms with Crippen molar-refractivity contribution in [3.05, 3.63) is 99.0 Å². The van der Waals surface area contributed by atoms with E-state index >= 15 is 0 Å². The fourth-order valence-corrected chi connectivity index (χ4v) is 5.52. The lowest BCUT2D eigenvalue weighted by Crippen LogP contribution is -2.35. The molecule has 0 aliphatic carbocycles. The number of halogens is 1. The molecular formula is C27H28BrN3O3S. The van der Waals surface area contributed by atoms with Crippen molar-refractivity contribution in [2.45, 2.75) is 44.0 Å². The fraction of sp³-hybridized carbons (Fsp3) is 0.259. The Morgan fingerprint density at radius 3 is 2.14 bits per heavy atom. The zero-order valence-corrected chi connectivity index (χ0v) is 22.8. The smallest absolute Gasteiger partial charge is 0.266 e. The van der Waals surface area contributed by atoms with Gasteiger partial charge in [0.1, 0.15) is 5.82 Å². The summed E-state index contributed by atoms with van der Waals surface area (Å²) in [7, 11) is -2.33. The third-order valence-electron chi connectivity index (χ3n) is 6.20. The number of nitrogens with zero attached hydrogens (tertiary/aromatic N) is 3. The molecule has 4 aromatic rings. The van der Waals surface area contributed by atoms with Gasteiger partial charge in [-0.25, -0.2) is 13.4 Å². The van der Waals surface area contributed by atoms with E-state index in [1.807, 2.05) is 30.3 Å². The summed E-state index contributed by atoms with van der Waals surface area (Å²) < 4.78 is 30.7. The van der Waals surface area contributed by atoms with Crippen LogP contribution in [0.2, 0.25) is 0 Å². The topological polar surface area (TPSA) is 72.3 Å². The van der Waals surface area contributed by atoms with E-state index in [2.05, 4.69) is 36.7 Å². The van der Waals surface area contributed by atoms with Crippen molar-refractivity contribution in [3.63, 3.8) is 0 Å². The van der Waals surface area contributed by atoms with Crippen LogP contribution in [-0.2, 0) is 15.4 Å². The Kier molecular flexibility index (Phi) is 6.74. The first-order chi connectivity index (χ1) is 16.4. The first-order valence-corrected chi connectivity index (χ1v) is 13.5. The van der Waals surface area contributed by atoms with Gasteiger partial charge < -0.3 is 0 Å². The van der Waals surface area contributed by atoms with E-state index in [1.165, 1.54) is 15.9 Å². The molecule has 0 bridgehead atoms. The third-order valence-corrected chi connectivity index (χ3v) is 8.67. The van der Waals surface area contributed by atoms with Gasteiger partial charge in [0.15, 0.2) is 0 Å². The van der Waals surface area contributed by atoms with Crippen LogP contribution in [0.5, 0.6) is 0 Å². The molecule has 0 saturated heterocycles. The standard InChI is InChI=1S/C27H28BrN3O3S/c1-18(30(5)35(33,34)22-16-10-19(11-17-22)27(2,3)4)25-29-24-9-7-6-8-23(24)26(32)31(25)21-14-12-20(28)13-15-21/h6-18H,1-5H3. The first-order valence-electron chi connectivity index (χ1n) is 11.3. The molecule has 0 aliphatic rings. The quantitative estimate of drug-likeness (QED) is 0.311. The molecule has 1 heterocycles. The van der Waals surface area contributed by atoms with Crippen LogP contribution < -0.4 is 5.56 Å². The average Bonchev–Trinajstić information content (AvgIpc) is 2.83. The second kappa shape index (κ2) is 9.33. The average molecular weight is 555 g/mol. The van der Waals surface area contributed by atoms with E-state index in [0.717, 1.165) is 10.0 Å². The molecule has 0 fully saturated rings. The van der Waals surface area contributed by atoms with Crippen LogP contribution >= 0.6 is 15.9 Å². The van der Waals surface area contributed by atoms with E-state index in [1.54, 1.807) is 49.4 Å². The van der Waals surface area contributed by atoms with Crippen LogP contribution in [0.4, 0.5) is 0 Å². The van der Waals surface area contributed by atoms with Crippen molar-refractivity contribution in [2.24, 2.45) is 0 Å². The number of para-hydroxylation sites is 1. The van der Waals surface area contributed by atoms with E-state index in [-0.39, 0.29) is 15.9 Å². The number of sulfonamides is 1. The predicted molar refractivity (Wildman–Crippen MR) is 144 cm³/mol. The Morgan fingerprint density at radius 2 is 1.54 bits per heavy atom. The Labute approximate surface area is 214 Å². The molecule has 0 spiro atoms. The molecular weight excluding hydrogens is 526 g/mol. The molecule has 0 radical (unpaired) electrons. The molecule has 0 amide bonds. The molecule has 1 atom stereocenters. The zero-order valence-electron chi connectivity index (χ0n) is 20.4. The van der Waals surface area contributed by atoms with E-state index < -0.39 is 16.1 Å². The summed E-state index contributed by atoms with van der Waals surface area (Å²) in [6.45, 7) is 7.99. The first kappa shape index (κ1) is 25.3. The highest BCUT2D eigenvalue weighted by molar-refractivity contribution is 9.10. The van der Waals surface area contributed by atoms with Crippen LogP contribution in [0, 0.1) is 0 Å². The van der Waals surface area contributed by atoms with Gasteiger partial charge in [-0.15, -0.1) is 0 Å². The molecule has 35 heavy (non-hydrogen) atoms. The van der Waals surface area contributed by atoms with E-state index in [0.29, 0.717) is 22.4 Å². The Bertz CT molecular complexity index is 1540. The Morgan fingerprint density at radius 1 is 0.943 bits per heavy atom. The van der Waals surface area contributed by atoms with Gasteiger partial charge >= 0.3 is 0 Å². The summed E-state index contributed by atoms with van der Waals surface area (Å²) in [5, 5.41) is 0.467. The van der Waals surface area contributed by atoms with Crippen molar-refractivity contribution in [1.29, 1.82) is 0 Å². The number of rotatable bonds is 5. The van der Waals surface area contributed by atoms with Crippen molar-refractivity contribution in [3.8, 4) is 5.69 Å². The van der Waals surface area contributed by atoms with E-state index in [9.17, 15) is 13.2 Å². The van der Waals surface area contributed by atoms with Gasteiger partial charge in [-0.2, -0.15) is 4.31 Å². The highest BCUT2D eigenvalue weighted by Crippen LogP contribution is 2.29. The van der Waals surface area contributed by atoms with Crippen LogP contribution in [0.1, 0.15) is 45.1 Å². The molecule has 8 heteroatoms. The lowest BCUT2D eigenvalue weighted by atomic mass is 9.87. The fourth-order valence-electron chi connectivity index (χ4n) is 3.93. The largest absolute Gasteiger partial charge is 0.268 e. The van der Waals surface area contributed by atoms with Crippen LogP contribution in [0.3, 0.4) is 0 Å². The number of fused-ring (bicyclic) bond motifs is 1. The second-order valence-electron chi connectivity index (χ2n) is 9.58. The van der Waals surface area contributed by atoms with Gasteiger partial charge in [0.05, 0.1) is 27.5 Å². The molecule has 4 rings (SSSR count). The summed E-state index contributed by atoms with van der Waals surface area (Å²) in [6.07, 6.45) is 0. The van der Waals surface area contributed by atoms with Gasteiger partial charge in [0.25, 0.3) is 5.56 Å². The van der Waals surface area contributed by atoms with Crippen molar-refractivity contribution < 1.29 is 8.42 Å². The van der Waals surface area contributed by atoms with Crippen molar-refractivity contribution in [1.82, 2.24) is 13.9 Å². The molecule has 0 aliphatic heterocycles. The lowest BCUT2D eigenvalue weighted by Gasteiger charge is -2.27. The second-order valence-corrected chi connectivity index (χ2v) is 12.5. The molecule has 0 N–H and O–H groups in total. The highest BCUT2D eigenvalue weighted by atomic mass is 79.9. The monoisotopic (exact) mass is 553 g/mol. The summed E-state index contributed by atoms with van der Waals surface area (Å²) in [4.78, 5) is 18.5. The minimum atomic E-state index is -3.85. The molecule has 1 unspecified atom stereocenters. The maximum Gasteiger partial charge on any atom is 0.266 e. The SMILES string of the molecule is CC(c1nc2ccccc2c(=O)n1-c1ccc(Br)cc1)N(C)S(=O)(=O)c1ccc(C(C)(C)C)cc1. The molecule has 3 aromatic carbocycles. The maximum atomic E-state index is 13.6. The van der Waals surface area contributed by atoms with E-state index in [4.69, 9.17) is 4.98 Å².